The highest BCUT2D eigenvalue weighted by Crippen LogP contribution is 2.44. The van der Waals surface area contributed by atoms with Crippen LogP contribution in [-0.2, 0) is 0 Å². The zero-order chi connectivity index (χ0) is 11.9. The maximum atomic E-state index is 11.8. The van der Waals surface area contributed by atoms with Crippen LogP contribution >= 0.6 is 0 Å². The van der Waals surface area contributed by atoms with E-state index in [0.29, 0.717) is 11.8 Å². The normalized spacial score (nSPS) is 37.6. The number of nitrogens with zero attached hydrogens (tertiary/aromatic N) is 2. The van der Waals surface area contributed by atoms with Crippen LogP contribution in [0.2, 0.25) is 0 Å². The third-order valence-electron chi connectivity index (χ3n) is 4.27. The summed E-state index contributed by atoms with van der Waals surface area (Å²) in [6.45, 7) is 3.98. The van der Waals surface area contributed by atoms with Crippen LogP contribution in [0.5, 0.6) is 0 Å². The van der Waals surface area contributed by atoms with Gasteiger partial charge in [0.15, 0.2) is 0 Å². The maximum Gasteiger partial charge on any atom is 0.319 e. The average molecular weight is 225 g/mol. The molecule has 2 aliphatic rings. The number of rotatable bonds is 1. The van der Waals surface area contributed by atoms with Crippen molar-refractivity contribution in [3.05, 3.63) is 0 Å². The highest BCUT2D eigenvalue weighted by Gasteiger charge is 2.47. The summed E-state index contributed by atoms with van der Waals surface area (Å²) in [5.41, 5.74) is 6.36. The van der Waals surface area contributed by atoms with E-state index in [1.54, 1.807) is 4.90 Å². The van der Waals surface area contributed by atoms with Crippen molar-refractivity contribution >= 4 is 6.03 Å². The van der Waals surface area contributed by atoms with Gasteiger partial charge in [0.05, 0.1) is 0 Å². The molecule has 2 rings (SSSR count). The van der Waals surface area contributed by atoms with Gasteiger partial charge >= 0.3 is 6.03 Å². The minimum Gasteiger partial charge on any atom is -0.331 e. The molecule has 0 radical (unpaired) electrons. The van der Waals surface area contributed by atoms with E-state index in [1.165, 1.54) is 0 Å². The first-order valence-corrected chi connectivity index (χ1v) is 6.20. The maximum absolute atomic E-state index is 11.8. The van der Waals surface area contributed by atoms with E-state index in [1.807, 2.05) is 19.0 Å². The number of fused-ring (bicyclic) bond motifs is 1. The number of amides is 2. The Kier molecular flexibility index (Phi) is 2.86. The summed E-state index contributed by atoms with van der Waals surface area (Å²) in [4.78, 5) is 15.5. The van der Waals surface area contributed by atoms with E-state index in [0.717, 1.165) is 32.4 Å². The quantitative estimate of drug-likeness (QED) is 0.727. The first kappa shape index (κ1) is 11.7. The molecule has 92 valence electrons. The van der Waals surface area contributed by atoms with Gasteiger partial charge in [-0.2, -0.15) is 0 Å². The number of likely N-dealkylation sites (tertiary alicyclic amines) is 1. The summed E-state index contributed by atoms with van der Waals surface area (Å²) in [5, 5.41) is 0. The van der Waals surface area contributed by atoms with Crippen molar-refractivity contribution in [2.45, 2.75) is 31.7 Å². The van der Waals surface area contributed by atoms with Crippen molar-refractivity contribution in [2.24, 2.45) is 17.6 Å². The molecule has 1 saturated heterocycles. The molecule has 16 heavy (non-hydrogen) atoms. The summed E-state index contributed by atoms with van der Waals surface area (Å²) in [6, 6.07) is 0.147. The second-order valence-electron chi connectivity index (χ2n) is 5.73. The molecule has 2 amide bonds. The van der Waals surface area contributed by atoms with Crippen molar-refractivity contribution in [2.75, 3.05) is 27.2 Å². The molecule has 2 N–H and O–H groups in total. The number of hydrogen-bond donors (Lipinski definition) is 1. The standard InChI is InChI=1S/C12H23N3O/c1-4-12(13)5-9-7-15(8-10(9)6-12)11(16)14(2)3/h9-10H,4-8,13H2,1-3H3/t9-,10+,12?. The van der Waals surface area contributed by atoms with Crippen LogP contribution in [0.4, 0.5) is 4.79 Å². The topological polar surface area (TPSA) is 49.6 Å². The van der Waals surface area contributed by atoms with Crippen LogP contribution in [0.3, 0.4) is 0 Å². The molecule has 0 aromatic carbocycles. The lowest BCUT2D eigenvalue weighted by atomic mass is 9.94. The molecule has 1 aliphatic carbocycles. The van der Waals surface area contributed by atoms with Crippen LogP contribution in [0.25, 0.3) is 0 Å². The molecule has 0 bridgehead atoms. The Hall–Kier alpha value is -0.770. The fraction of sp³-hybridized carbons (Fsp3) is 0.917. The van der Waals surface area contributed by atoms with E-state index in [9.17, 15) is 4.79 Å². The van der Waals surface area contributed by atoms with Gasteiger partial charge in [-0.3, -0.25) is 0 Å². The first-order valence-electron chi connectivity index (χ1n) is 6.20. The summed E-state index contributed by atoms with van der Waals surface area (Å²) in [7, 11) is 3.63. The molecule has 0 aromatic heterocycles. The fourth-order valence-corrected chi connectivity index (χ4v) is 3.26. The number of hydrogen-bond acceptors (Lipinski definition) is 2. The predicted molar refractivity (Wildman–Crippen MR) is 64.1 cm³/mol. The van der Waals surface area contributed by atoms with Gasteiger partial charge in [0.1, 0.15) is 0 Å². The molecule has 0 spiro atoms. The molecule has 1 aliphatic heterocycles. The van der Waals surface area contributed by atoms with Gasteiger partial charge < -0.3 is 15.5 Å². The Bertz CT molecular complexity index is 276. The average Bonchev–Trinajstić information content (AvgIpc) is 2.71. The van der Waals surface area contributed by atoms with Gasteiger partial charge in [-0.1, -0.05) is 6.92 Å². The van der Waals surface area contributed by atoms with Gasteiger partial charge in [-0.05, 0) is 31.1 Å². The van der Waals surface area contributed by atoms with Gasteiger partial charge in [-0.25, -0.2) is 4.79 Å². The van der Waals surface area contributed by atoms with Crippen molar-refractivity contribution in [3.8, 4) is 0 Å². The highest BCUT2D eigenvalue weighted by atomic mass is 16.2. The lowest BCUT2D eigenvalue weighted by Gasteiger charge is -2.27. The second kappa shape index (κ2) is 3.91. The number of urea groups is 1. The second-order valence-corrected chi connectivity index (χ2v) is 5.73. The zero-order valence-electron chi connectivity index (χ0n) is 10.6. The Labute approximate surface area is 97.8 Å². The van der Waals surface area contributed by atoms with Crippen molar-refractivity contribution < 1.29 is 4.79 Å². The summed E-state index contributed by atoms with van der Waals surface area (Å²) < 4.78 is 0. The van der Waals surface area contributed by atoms with Crippen LogP contribution in [0.1, 0.15) is 26.2 Å². The summed E-state index contributed by atoms with van der Waals surface area (Å²) >= 11 is 0. The van der Waals surface area contributed by atoms with Crippen LogP contribution in [0.15, 0.2) is 0 Å². The van der Waals surface area contributed by atoms with E-state index in [4.69, 9.17) is 5.73 Å². The lowest BCUT2D eigenvalue weighted by molar-refractivity contribution is 0.176. The SMILES string of the molecule is CCC1(N)C[C@H]2CN(C(=O)N(C)C)C[C@H]2C1. The summed E-state index contributed by atoms with van der Waals surface area (Å²) in [5.74, 6) is 1.27. The number of carbonyl (C=O) groups excluding carboxylic acids is 1. The third-order valence-corrected chi connectivity index (χ3v) is 4.27. The molecule has 1 unspecified atom stereocenters. The lowest BCUT2D eigenvalue weighted by Crippen LogP contribution is -2.41. The first-order chi connectivity index (χ1) is 7.45. The van der Waals surface area contributed by atoms with Crippen LogP contribution in [0, 0.1) is 11.8 Å². The molecule has 4 nitrogen and oxygen atoms in total. The van der Waals surface area contributed by atoms with Crippen molar-refractivity contribution in [1.29, 1.82) is 0 Å². The summed E-state index contributed by atoms with van der Waals surface area (Å²) in [6.07, 6.45) is 3.23. The van der Waals surface area contributed by atoms with Gasteiger partial charge in [0.2, 0.25) is 0 Å². The molecule has 0 aromatic rings. The van der Waals surface area contributed by atoms with Gasteiger partial charge in [0.25, 0.3) is 0 Å². The van der Waals surface area contributed by atoms with Gasteiger partial charge in [0, 0.05) is 32.7 Å². The smallest absolute Gasteiger partial charge is 0.319 e. The van der Waals surface area contributed by atoms with Gasteiger partial charge in [-0.15, -0.1) is 0 Å². The minimum atomic E-state index is 0.0442. The molecule has 1 heterocycles. The Morgan fingerprint density at radius 3 is 2.25 bits per heavy atom. The molecule has 3 atom stereocenters. The van der Waals surface area contributed by atoms with E-state index in [2.05, 4.69) is 6.92 Å². The van der Waals surface area contributed by atoms with Crippen LogP contribution < -0.4 is 5.73 Å². The third kappa shape index (κ3) is 1.90. The molecular formula is C12H23N3O. The number of carbonyl (C=O) groups is 1. The Morgan fingerprint density at radius 1 is 1.38 bits per heavy atom. The molecule has 2 fully saturated rings. The predicted octanol–water partition coefficient (Wildman–Crippen LogP) is 1.12. The number of nitrogens with two attached hydrogens (primary N) is 1. The van der Waals surface area contributed by atoms with Crippen LogP contribution in [-0.4, -0.2) is 48.6 Å². The van der Waals surface area contributed by atoms with E-state index in [-0.39, 0.29) is 11.6 Å². The largest absolute Gasteiger partial charge is 0.331 e. The van der Waals surface area contributed by atoms with E-state index >= 15 is 0 Å². The minimum absolute atomic E-state index is 0.0442. The molecule has 1 saturated carbocycles. The van der Waals surface area contributed by atoms with Crippen molar-refractivity contribution in [1.82, 2.24) is 9.80 Å². The fourth-order valence-electron chi connectivity index (χ4n) is 3.26. The Balaban J connectivity index is 1.96. The highest BCUT2D eigenvalue weighted by molar-refractivity contribution is 5.74. The van der Waals surface area contributed by atoms with Crippen molar-refractivity contribution in [3.63, 3.8) is 0 Å². The van der Waals surface area contributed by atoms with E-state index < -0.39 is 0 Å². The monoisotopic (exact) mass is 225 g/mol. The molecular weight excluding hydrogens is 202 g/mol. The Morgan fingerprint density at radius 2 is 1.88 bits per heavy atom. The zero-order valence-corrected chi connectivity index (χ0v) is 10.6. The molecule has 4 heteroatoms.